The van der Waals surface area contributed by atoms with Crippen LogP contribution < -0.4 is 10.6 Å². The average molecular weight is 233 g/mol. The summed E-state index contributed by atoms with van der Waals surface area (Å²) in [7, 11) is 0. The smallest absolute Gasteiger partial charge is 0.196 e. The molecule has 1 fully saturated rings. The average Bonchev–Trinajstić information content (AvgIpc) is 2.58. The van der Waals surface area contributed by atoms with Crippen LogP contribution in [0.4, 0.5) is 10.1 Å². The van der Waals surface area contributed by atoms with Gasteiger partial charge in [0.1, 0.15) is 5.82 Å². The minimum Gasteiger partial charge on any atom is -0.370 e. The van der Waals surface area contributed by atoms with E-state index in [0.717, 1.165) is 12.2 Å². The molecule has 0 aromatic heterocycles. The lowest BCUT2D eigenvalue weighted by Gasteiger charge is -2.37. The second-order valence-corrected chi connectivity index (χ2v) is 4.81. The quantitative estimate of drug-likeness (QED) is 0.850. The van der Waals surface area contributed by atoms with Crippen molar-refractivity contribution in [2.75, 3.05) is 11.4 Å². The maximum absolute atomic E-state index is 13.3. The third-order valence-corrected chi connectivity index (χ3v) is 3.80. The zero-order valence-electron chi connectivity index (χ0n) is 9.64. The first-order valence-electron chi connectivity index (χ1n) is 6.10. The highest BCUT2D eigenvalue weighted by atomic mass is 19.1. The summed E-state index contributed by atoms with van der Waals surface area (Å²) in [5.41, 5.74) is 6.74. The zero-order valence-corrected chi connectivity index (χ0v) is 9.64. The molecule has 3 nitrogen and oxygen atoms in total. The maximum atomic E-state index is 13.3. The Kier molecular flexibility index (Phi) is 2.50. The van der Waals surface area contributed by atoms with Crippen molar-refractivity contribution in [3.63, 3.8) is 0 Å². The lowest BCUT2D eigenvalue weighted by Crippen LogP contribution is -2.46. The topological polar surface area (TPSA) is 41.6 Å². The molecule has 1 aliphatic heterocycles. The summed E-state index contributed by atoms with van der Waals surface area (Å²) in [4.78, 5) is 6.30. The van der Waals surface area contributed by atoms with Crippen LogP contribution in [0.5, 0.6) is 0 Å². The molecule has 0 bridgehead atoms. The monoisotopic (exact) mass is 233 g/mol. The van der Waals surface area contributed by atoms with Gasteiger partial charge in [-0.2, -0.15) is 0 Å². The number of hydrogen-bond acceptors (Lipinski definition) is 3. The van der Waals surface area contributed by atoms with Gasteiger partial charge in [-0.25, -0.2) is 4.39 Å². The SMILES string of the molecule is NC1=NCC(C2CCC2)N1c1cccc(F)c1. The first-order chi connectivity index (χ1) is 8.25. The van der Waals surface area contributed by atoms with Gasteiger partial charge in [-0.1, -0.05) is 12.5 Å². The summed E-state index contributed by atoms with van der Waals surface area (Å²) in [5, 5.41) is 0. The molecule has 1 atom stereocenters. The second-order valence-electron chi connectivity index (χ2n) is 4.81. The highest BCUT2D eigenvalue weighted by Crippen LogP contribution is 2.36. The van der Waals surface area contributed by atoms with E-state index in [1.54, 1.807) is 6.07 Å². The van der Waals surface area contributed by atoms with Crippen LogP contribution in [0.25, 0.3) is 0 Å². The van der Waals surface area contributed by atoms with Crippen LogP contribution in [0, 0.1) is 11.7 Å². The standard InChI is InChI=1S/C13H16FN3/c14-10-5-2-6-11(7-10)17-12(8-16-13(17)15)9-3-1-4-9/h2,5-7,9,12H,1,3-4,8H2,(H2,15,16). The third kappa shape index (κ3) is 1.77. The molecule has 0 spiro atoms. The highest BCUT2D eigenvalue weighted by Gasteiger charge is 2.36. The van der Waals surface area contributed by atoms with E-state index in [4.69, 9.17) is 5.73 Å². The summed E-state index contributed by atoms with van der Waals surface area (Å²) >= 11 is 0. The summed E-state index contributed by atoms with van der Waals surface area (Å²) in [6, 6.07) is 6.91. The molecule has 0 amide bonds. The van der Waals surface area contributed by atoms with Gasteiger partial charge in [0.2, 0.25) is 0 Å². The van der Waals surface area contributed by atoms with Crippen molar-refractivity contribution >= 4 is 11.6 Å². The molecule has 2 aliphatic rings. The van der Waals surface area contributed by atoms with E-state index in [9.17, 15) is 4.39 Å². The Labute approximate surface area is 100 Å². The molecule has 17 heavy (non-hydrogen) atoms. The van der Waals surface area contributed by atoms with Gasteiger partial charge >= 0.3 is 0 Å². The van der Waals surface area contributed by atoms with E-state index in [2.05, 4.69) is 4.99 Å². The maximum Gasteiger partial charge on any atom is 0.196 e. The molecule has 2 N–H and O–H groups in total. The number of nitrogens with zero attached hydrogens (tertiary/aromatic N) is 2. The van der Waals surface area contributed by atoms with Crippen LogP contribution in [0.2, 0.25) is 0 Å². The zero-order chi connectivity index (χ0) is 11.8. The van der Waals surface area contributed by atoms with E-state index in [1.807, 2.05) is 11.0 Å². The van der Waals surface area contributed by atoms with Crippen molar-refractivity contribution in [2.45, 2.75) is 25.3 Å². The van der Waals surface area contributed by atoms with Crippen molar-refractivity contribution in [1.29, 1.82) is 0 Å². The van der Waals surface area contributed by atoms with E-state index in [1.165, 1.54) is 31.4 Å². The van der Waals surface area contributed by atoms with Crippen molar-refractivity contribution < 1.29 is 4.39 Å². The van der Waals surface area contributed by atoms with Gasteiger partial charge in [-0.05, 0) is 37.0 Å². The third-order valence-electron chi connectivity index (χ3n) is 3.80. The Morgan fingerprint density at radius 3 is 2.82 bits per heavy atom. The number of rotatable bonds is 2. The van der Waals surface area contributed by atoms with Gasteiger partial charge < -0.3 is 10.6 Å². The number of guanidine groups is 1. The lowest BCUT2D eigenvalue weighted by atomic mass is 9.79. The fourth-order valence-corrected chi connectivity index (χ4v) is 2.65. The highest BCUT2D eigenvalue weighted by molar-refractivity contribution is 5.97. The van der Waals surface area contributed by atoms with Gasteiger partial charge in [-0.15, -0.1) is 0 Å². The summed E-state index contributed by atoms with van der Waals surface area (Å²) in [6.07, 6.45) is 3.76. The molecular weight excluding hydrogens is 217 g/mol. The Morgan fingerprint density at radius 2 is 2.18 bits per heavy atom. The first-order valence-corrected chi connectivity index (χ1v) is 6.10. The summed E-state index contributed by atoms with van der Waals surface area (Å²) < 4.78 is 13.3. The van der Waals surface area contributed by atoms with Gasteiger partial charge in [0.25, 0.3) is 0 Å². The molecule has 0 saturated heterocycles. The number of halogens is 1. The van der Waals surface area contributed by atoms with Crippen molar-refractivity contribution in [3.8, 4) is 0 Å². The predicted molar refractivity (Wildman–Crippen MR) is 66.5 cm³/mol. The van der Waals surface area contributed by atoms with Gasteiger partial charge in [-0.3, -0.25) is 4.99 Å². The fourth-order valence-electron chi connectivity index (χ4n) is 2.65. The molecule has 3 rings (SSSR count). The predicted octanol–water partition coefficient (Wildman–Crippen LogP) is 2.13. The minimum atomic E-state index is -0.227. The Bertz CT molecular complexity index is 454. The molecule has 4 heteroatoms. The van der Waals surface area contributed by atoms with Crippen LogP contribution in [-0.4, -0.2) is 18.5 Å². The molecule has 1 heterocycles. The largest absolute Gasteiger partial charge is 0.370 e. The number of aliphatic imine (C=N–C) groups is 1. The molecule has 0 radical (unpaired) electrons. The number of anilines is 1. The molecule has 1 unspecified atom stereocenters. The Balaban J connectivity index is 1.90. The van der Waals surface area contributed by atoms with Crippen LogP contribution in [0.3, 0.4) is 0 Å². The minimum absolute atomic E-state index is 0.227. The number of hydrogen-bond donors (Lipinski definition) is 1. The van der Waals surface area contributed by atoms with E-state index >= 15 is 0 Å². The first kappa shape index (κ1) is 10.6. The molecule has 1 aliphatic carbocycles. The molecule has 90 valence electrons. The Morgan fingerprint density at radius 1 is 1.35 bits per heavy atom. The van der Waals surface area contributed by atoms with Gasteiger partial charge in [0.15, 0.2) is 5.96 Å². The van der Waals surface area contributed by atoms with Crippen LogP contribution >= 0.6 is 0 Å². The molecular formula is C13H16FN3. The van der Waals surface area contributed by atoms with E-state index in [-0.39, 0.29) is 5.82 Å². The van der Waals surface area contributed by atoms with E-state index < -0.39 is 0 Å². The molecule has 1 saturated carbocycles. The van der Waals surface area contributed by atoms with Crippen LogP contribution in [0.15, 0.2) is 29.3 Å². The van der Waals surface area contributed by atoms with Crippen molar-refractivity contribution in [1.82, 2.24) is 0 Å². The van der Waals surface area contributed by atoms with E-state index in [0.29, 0.717) is 17.9 Å². The number of benzene rings is 1. The second kappa shape index (κ2) is 4.02. The molecule has 1 aromatic carbocycles. The fraction of sp³-hybridized carbons (Fsp3) is 0.462. The van der Waals surface area contributed by atoms with Crippen molar-refractivity contribution in [3.05, 3.63) is 30.1 Å². The van der Waals surface area contributed by atoms with Crippen molar-refractivity contribution in [2.24, 2.45) is 16.6 Å². The molecule has 1 aromatic rings. The van der Waals surface area contributed by atoms with Crippen LogP contribution in [-0.2, 0) is 0 Å². The lowest BCUT2D eigenvalue weighted by molar-refractivity contribution is 0.271. The normalized spacial score (nSPS) is 24.6. The van der Waals surface area contributed by atoms with Gasteiger partial charge in [0.05, 0.1) is 12.6 Å². The Hall–Kier alpha value is -1.58. The number of nitrogens with two attached hydrogens (primary N) is 1. The van der Waals surface area contributed by atoms with Gasteiger partial charge in [0, 0.05) is 5.69 Å². The van der Waals surface area contributed by atoms with Crippen LogP contribution in [0.1, 0.15) is 19.3 Å². The summed E-state index contributed by atoms with van der Waals surface area (Å²) in [6.45, 7) is 0.743. The summed E-state index contributed by atoms with van der Waals surface area (Å²) in [5.74, 6) is 0.949.